The summed E-state index contributed by atoms with van der Waals surface area (Å²) >= 11 is 5.77. The second kappa shape index (κ2) is 6.76. The van der Waals surface area contributed by atoms with E-state index in [1.165, 1.54) is 0 Å². The van der Waals surface area contributed by atoms with Crippen LogP contribution in [0.4, 0.5) is 5.69 Å². The largest absolute Gasteiger partial charge is 0.480 e. The van der Waals surface area contributed by atoms with Gasteiger partial charge in [0.05, 0.1) is 5.69 Å². The molecule has 5 nitrogen and oxygen atoms in total. The normalized spacial score (nSPS) is 9.95. The van der Waals surface area contributed by atoms with Gasteiger partial charge in [-0.1, -0.05) is 23.7 Å². The Hall–Kier alpha value is -2.53. The molecule has 0 aliphatic heterocycles. The van der Waals surface area contributed by atoms with Gasteiger partial charge in [0.15, 0.2) is 6.61 Å². The Labute approximate surface area is 126 Å². The lowest BCUT2D eigenvalue weighted by molar-refractivity contribution is -0.139. The number of carbonyl (C=O) groups is 2. The Morgan fingerprint density at radius 3 is 2.43 bits per heavy atom. The highest BCUT2D eigenvalue weighted by Crippen LogP contribution is 2.24. The SMILES string of the molecule is O=C(O)COc1ccccc1NC(=O)c1ccc(Cl)cc1. The minimum absolute atomic E-state index is 0.294. The Balaban J connectivity index is 2.13. The van der Waals surface area contributed by atoms with E-state index >= 15 is 0 Å². The van der Waals surface area contributed by atoms with Crippen molar-refractivity contribution < 1.29 is 19.4 Å². The number of hydrogen-bond acceptors (Lipinski definition) is 3. The van der Waals surface area contributed by atoms with Crippen molar-refractivity contribution in [3.05, 3.63) is 59.1 Å². The molecule has 0 heterocycles. The van der Waals surface area contributed by atoms with Crippen molar-refractivity contribution >= 4 is 29.2 Å². The van der Waals surface area contributed by atoms with E-state index in [-0.39, 0.29) is 5.91 Å². The molecule has 0 fully saturated rings. The number of halogens is 1. The summed E-state index contributed by atoms with van der Waals surface area (Å²) in [6.07, 6.45) is 0. The Morgan fingerprint density at radius 2 is 1.76 bits per heavy atom. The summed E-state index contributed by atoms with van der Waals surface area (Å²) in [6, 6.07) is 13.0. The maximum atomic E-state index is 12.1. The van der Waals surface area contributed by atoms with E-state index in [4.69, 9.17) is 21.4 Å². The van der Waals surface area contributed by atoms with Gasteiger partial charge >= 0.3 is 5.97 Å². The Morgan fingerprint density at radius 1 is 1.10 bits per heavy atom. The number of aliphatic carboxylic acids is 1. The molecule has 2 aromatic rings. The second-order valence-electron chi connectivity index (χ2n) is 4.14. The van der Waals surface area contributed by atoms with Crippen LogP contribution < -0.4 is 10.1 Å². The minimum atomic E-state index is -1.09. The third kappa shape index (κ3) is 4.22. The summed E-state index contributed by atoms with van der Waals surface area (Å²) in [7, 11) is 0. The molecule has 108 valence electrons. The van der Waals surface area contributed by atoms with Crippen molar-refractivity contribution in [1.29, 1.82) is 0 Å². The van der Waals surface area contributed by atoms with Crippen molar-refractivity contribution in [2.75, 3.05) is 11.9 Å². The Kier molecular flexibility index (Phi) is 4.79. The average molecular weight is 306 g/mol. The molecule has 0 saturated heterocycles. The number of benzene rings is 2. The summed E-state index contributed by atoms with van der Waals surface area (Å²) in [5.74, 6) is -1.13. The van der Waals surface area contributed by atoms with E-state index in [0.717, 1.165) is 0 Å². The van der Waals surface area contributed by atoms with Crippen LogP contribution in [0.5, 0.6) is 5.75 Å². The number of carboxylic acids is 1. The third-order valence-corrected chi connectivity index (χ3v) is 2.84. The van der Waals surface area contributed by atoms with E-state index in [1.54, 1.807) is 48.5 Å². The molecule has 2 aromatic carbocycles. The molecule has 0 aliphatic carbocycles. The molecule has 0 atom stereocenters. The standard InChI is InChI=1S/C15H12ClNO4/c16-11-7-5-10(6-8-11)15(20)17-12-3-1-2-4-13(12)21-9-14(18)19/h1-8H,9H2,(H,17,20)(H,18,19). The smallest absolute Gasteiger partial charge is 0.341 e. The highest BCUT2D eigenvalue weighted by Gasteiger charge is 2.10. The number of anilines is 1. The molecule has 0 radical (unpaired) electrons. The quantitative estimate of drug-likeness (QED) is 0.890. The molecular formula is C15H12ClNO4. The molecule has 0 aromatic heterocycles. The van der Waals surface area contributed by atoms with Gasteiger partial charge in [-0.25, -0.2) is 4.79 Å². The first-order valence-electron chi connectivity index (χ1n) is 6.07. The number of amides is 1. The lowest BCUT2D eigenvalue weighted by atomic mass is 10.2. The van der Waals surface area contributed by atoms with E-state index in [0.29, 0.717) is 22.0 Å². The van der Waals surface area contributed by atoms with Gasteiger partial charge in [0.25, 0.3) is 5.91 Å². The van der Waals surface area contributed by atoms with Crippen LogP contribution in [0, 0.1) is 0 Å². The van der Waals surface area contributed by atoms with Gasteiger partial charge in [-0.05, 0) is 36.4 Å². The fraction of sp³-hybridized carbons (Fsp3) is 0.0667. The molecule has 2 rings (SSSR count). The lowest BCUT2D eigenvalue weighted by Gasteiger charge is -2.11. The van der Waals surface area contributed by atoms with Gasteiger partial charge in [-0.2, -0.15) is 0 Å². The van der Waals surface area contributed by atoms with Crippen molar-refractivity contribution in [3.63, 3.8) is 0 Å². The molecule has 0 bridgehead atoms. The van der Waals surface area contributed by atoms with Gasteiger partial charge in [-0.15, -0.1) is 0 Å². The predicted molar refractivity (Wildman–Crippen MR) is 79.0 cm³/mol. The van der Waals surface area contributed by atoms with E-state index in [2.05, 4.69) is 5.32 Å². The number of rotatable bonds is 5. The molecule has 21 heavy (non-hydrogen) atoms. The molecule has 0 unspecified atom stereocenters. The average Bonchev–Trinajstić information content (AvgIpc) is 2.47. The van der Waals surface area contributed by atoms with E-state index < -0.39 is 12.6 Å². The molecule has 0 spiro atoms. The zero-order valence-corrected chi connectivity index (χ0v) is 11.6. The number of nitrogens with one attached hydrogen (secondary N) is 1. The van der Waals surface area contributed by atoms with Crippen LogP contribution in [0.25, 0.3) is 0 Å². The summed E-state index contributed by atoms with van der Waals surface area (Å²) < 4.78 is 5.12. The molecule has 6 heteroatoms. The van der Waals surface area contributed by atoms with E-state index in [1.807, 2.05) is 0 Å². The van der Waals surface area contributed by atoms with Crippen LogP contribution in [0.2, 0.25) is 5.02 Å². The number of hydrogen-bond donors (Lipinski definition) is 2. The van der Waals surface area contributed by atoms with Crippen LogP contribution >= 0.6 is 11.6 Å². The first-order valence-corrected chi connectivity index (χ1v) is 6.44. The van der Waals surface area contributed by atoms with Crippen molar-refractivity contribution in [2.24, 2.45) is 0 Å². The zero-order valence-electron chi connectivity index (χ0n) is 10.9. The monoisotopic (exact) mass is 305 g/mol. The maximum absolute atomic E-state index is 12.1. The van der Waals surface area contributed by atoms with Gasteiger partial charge < -0.3 is 15.2 Å². The van der Waals surface area contributed by atoms with Crippen LogP contribution in [0.15, 0.2) is 48.5 Å². The van der Waals surface area contributed by atoms with Crippen LogP contribution in [-0.4, -0.2) is 23.6 Å². The van der Waals surface area contributed by atoms with Crippen molar-refractivity contribution in [2.45, 2.75) is 0 Å². The second-order valence-corrected chi connectivity index (χ2v) is 4.58. The topological polar surface area (TPSA) is 75.6 Å². The molecule has 0 aliphatic rings. The number of carboxylic acid groups (broad SMARTS) is 1. The molecule has 0 saturated carbocycles. The third-order valence-electron chi connectivity index (χ3n) is 2.59. The van der Waals surface area contributed by atoms with E-state index in [9.17, 15) is 9.59 Å². The minimum Gasteiger partial charge on any atom is -0.480 e. The van der Waals surface area contributed by atoms with Crippen LogP contribution in [0.3, 0.4) is 0 Å². The van der Waals surface area contributed by atoms with Crippen molar-refractivity contribution in [3.8, 4) is 5.75 Å². The summed E-state index contributed by atoms with van der Waals surface area (Å²) in [4.78, 5) is 22.6. The zero-order chi connectivity index (χ0) is 15.2. The maximum Gasteiger partial charge on any atom is 0.341 e. The van der Waals surface area contributed by atoms with Crippen LogP contribution in [0.1, 0.15) is 10.4 Å². The first kappa shape index (κ1) is 14.9. The van der Waals surface area contributed by atoms with Crippen molar-refractivity contribution in [1.82, 2.24) is 0 Å². The number of para-hydroxylation sites is 2. The number of ether oxygens (including phenoxy) is 1. The lowest BCUT2D eigenvalue weighted by Crippen LogP contribution is -2.14. The summed E-state index contributed by atoms with van der Waals surface area (Å²) in [6.45, 7) is -0.478. The Bertz CT molecular complexity index is 655. The van der Waals surface area contributed by atoms with Gasteiger partial charge in [0.2, 0.25) is 0 Å². The van der Waals surface area contributed by atoms with Gasteiger partial charge in [0.1, 0.15) is 5.75 Å². The van der Waals surface area contributed by atoms with Gasteiger partial charge in [0, 0.05) is 10.6 Å². The predicted octanol–water partition coefficient (Wildman–Crippen LogP) is 3.06. The summed E-state index contributed by atoms with van der Waals surface area (Å²) in [5, 5.41) is 11.8. The number of carbonyl (C=O) groups excluding carboxylic acids is 1. The first-order chi connectivity index (χ1) is 10.1. The molecule has 1 amide bonds. The fourth-order valence-corrected chi connectivity index (χ4v) is 1.76. The van der Waals surface area contributed by atoms with Gasteiger partial charge in [-0.3, -0.25) is 4.79 Å². The molecule has 2 N–H and O–H groups in total. The van der Waals surface area contributed by atoms with Crippen LogP contribution in [-0.2, 0) is 4.79 Å². The molecular weight excluding hydrogens is 294 g/mol. The summed E-state index contributed by atoms with van der Waals surface area (Å²) in [5.41, 5.74) is 0.839. The fourth-order valence-electron chi connectivity index (χ4n) is 1.63. The highest BCUT2D eigenvalue weighted by atomic mass is 35.5. The highest BCUT2D eigenvalue weighted by molar-refractivity contribution is 6.30.